The molecule has 1 aliphatic rings. The molecule has 2 N–H and O–H groups in total. The smallest absolute Gasteiger partial charge is 0.261 e. The van der Waals surface area contributed by atoms with Crippen LogP contribution in [0.5, 0.6) is 0 Å². The molecule has 0 amide bonds. The van der Waals surface area contributed by atoms with E-state index < -0.39 is 5.92 Å². The van der Waals surface area contributed by atoms with E-state index in [1.807, 2.05) is 49.4 Å². The number of hydrogen-bond acceptors (Lipinski definition) is 5. The zero-order valence-corrected chi connectivity index (χ0v) is 21.5. The van der Waals surface area contributed by atoms with E-state index in [9.17, 15) is 13.2 Å². The summed E-state index contributed by atoms with van der Waals surface area (Å²) >= 11 is 0. The molecule has 4 aromatic heterocycles. The molecular formula is C30H24F3N7. The third-order valence-electron chi connectivity index (χ3n) is 7.24. The van der Waals surface area contributed by atoms with Gasteiger partial charge in [-0.2, -0.15) is 5.10 Å². The summed E-state index contributed by atoms with van der Waals surface area (Å²) in [5.41, 5.74) is 8.13. The number of rotatable bonds is 5. The van der Waals surface area contributed by atoms with Crippen molar-refractivity contribution in [2.45, 2.75) is 25.8 Å². The molecule has 5 heterocycles. The molecule has 0 saturated carbocycles. The number of H-pyrrole nitrogens is 2. The fourth-order valence-corrected chi connectivity index (χ4v) is 5.41. The fraction of sp³-hybridized carbons (Fsp3) is 0.200. The number of benzene rings is 2. The van der Waals surface area contributed by atoms with Gasteiger partial charge in [-0.1, -0.05) is 18.2 Å². The van der Waals surface area contributed by atoms with E-state index in [0.717, 1.165) is 38.9 Å². The molecule has 7 rings (SSSR count). The molecule has 0 aliphatic carbocycles. The summed E-state index contributed by atoms with van der Waals surface area (Å²) in [7, 11) is 0. The number of halogens is 3. The number of nitrogens with zero attached hydrogens (tertiary/aromatic N) is 5. The minimum absolute atomic E-state index is 0.118. The average Bonchev–Trinajstić information content (AvgIpc) is 3.63. The number of aromatic nitrogens is 6. The highest BCUT2D eigenvalue weighted by Crippen LogP contribution is 2.33. The van der Waals surface area contributed by atoms with Gasteiger partial charge >= 0.3 is 0 Å². The van der Waals surface area contributed by atoms with Gasteiger partial charge in [0.25, 0.3) is 5.92 Å². The Bertz CT molecular complexity index is 1870. The van der Waals surface area contributed by atoms with Crippen LogP contribution in [-0.2, 0) is 6.54 Å². The number of para-hydroxylation sites is 1. The Labute approximate surface area is 227 Å². The van der Waals surface area contributed by atoms with Crippen molar-refractivity contribution in [2.24, 2.45) is 0 Å². The molecule has 0 unspecified atom stereocenters. The lowest BCUT2D eigenvalue weighted by molar-refractivity contribution is 0.0115. The minimum Gasteiger partial charge on any atom is -0.336 e. The van der Waals surface area contributed by atoms with E-state index in [1.54, 1.807) is 17.3 Å². The molecule has 200 valence electrons. The van der Waals surface area contributed by atoms with Gasteiger partial charge in [-0.3, -0.25) is 15.0 Å². The van der Waals surface area contributed by atoms with Crippen LogP contribution in [0.4, 0.5) is 13.2 Å². The van der Waals surface area contributed by atoms with E-state index >= 15 is 0 Å². The van der Waals surface area contributed by atoms with Crippen LogP contribution >= 0.6 is 0 Å². The molecule has 6 aromatic rings. The molecule has 0 spiro atoms. The van der Waals surface area contributed by atoms with Gasteiger partial charge < -0.3 is 4.98 Å². The molecule has 10 heteroatoms. The number of likely N-dealkylation sites (tertiary alicyclic amines) is 1. The standard InChI is InChI=1S/C30H24F3N7/c1-17-9-19(12-21(31)10-17)22-3-2-4-24-26(22)37-29(36-24)28-27-25(38-39-28)6-5-23(35-27)20-11-18(13-34-14-20)15-40-8-7-30(32,33)16-40/h2-6,9-14H,7-8,15-16H2,1H3,(H,36,37)(H,38,39). The van der Waals surface area contributed by atoms with Crippen LogP contribution in [0.1, 0.15) is 17.5 Å². The molecule has 2 aromatic carbocycles. The predicted octanol–water partition coefficient (Wildman–Crippen LogP) is 6.52. The first kappa shape index (κ1) is 24.5. The Morgan fingerprint density at radius 3 is 2.67 bits per heavy atom. The number of alkyl halides is 2. The van der Waals surface area contributed by atoms with Crippen molar-refractivity contribution in [3.8, 4) is 33.9 Å². The fourth-order valence-electron chi connectivity index (χ4n) is 5.41. The van der Waals surface area contributed by atoms with Gasteiger partial charge in [0.1, 0.15) is 11.3 Å². The van der Waals surface area contributed by atoms with Gasteiger partial charge in [-0.05, 0) is 60.0 Å². The lowest BCUT2D eigenvalue weighted by Gasteiger charge is -2.15. The van der Waals surface area contributed by atoms with Crippen molar-refractivity contribution in [1.82, 2.24) is 35.0 Å². The normalized spacial score (nSPS) is 15.4. The quantitative estimate of drug-likeness (QED) is 0.261. The van der Waals surface area contributed by atoms with Crippen LogP contribution in [0.3, 0.4) is 0 Å². The van der Waals surface area contributed by atoms with Crippen LogP contribution in [0, 0.1) is 12.7 Å². The maximum Gasteiger partial charge on any atom is 0.261 e. The van der Waals surface area contributed by atoms with Crippen molar-refractivity contribution in [1.29, 1.82) is 0 Å². The average molecular weight is 540 g/mol. The van der Waals surface area contributed by atoms with Crippen LogP contribution in [0.2, 0.25) is 0 Å². The van der Waals surface area contributed by atoms with Gasteiger partial charge in [-0.25, -0.2) is 23.1 Å². The van der Waals surface area contributed by atoms with Crippen molar-refractivity contribution in [3.63, 3.8) is 0 Å². The van der Waals surface area contributed by atoms with Crippen molar-refractivity contribution >= 4 is 22.1 Å². The van der Waals surface area contributed by atoms with E-state index in [4.69, 9.17) is 9.97 Å². The summed E-state index contributed by atoms with van der Waals surface area (Å²) in [5, 5.41) is 7.51. The molecule has 1 aliphatic heterocycles. The summed E-state index contributed by atoms with van der Waals surface area (Å²) in [4.78, 5) is 19.1. The largest absolute Gasteiger partial charge is 0.336 e. The number of imidazole rings is 1. The maximum absolute atomic E-state index is 14.2. The Kier molecular flexibility index (Phi) is 5.67. The highest BCUT2D eigenvalue weighted by molar-refractivity contribution is 5.96. The topological polar surface area (TPSA) is 86.4 Å². The van der Waals surface area contributed by atoms with Gasteiger partial charge in [-0.15, -0.1) is 0 Å². The summed E-state index contributed by atoms with van der Waals surface area (Å²) in [6.07, 6.45) is 3.30. The van der Waals surface area contributed by atoms with Crippen molar-refractivity contribution < 1.29 is 13.2 Å². The first-order chi connectivity index (χ1) is 19.3. The molecule has 0 atom stereocenters. The van der Waals surface area contributed by atoms with E-state index in [1.165, 1.54) is 12.1 Å². The SMILES string of the molecule is Cc1cc(F)cc(-c2cccc3[nH]c(-c4n[nH]c5ccc(-c6cncc(CN7CCC(F)(F)C7)c6)nc45)nc23)c1. The first-order valence-corrected chi connectivity index (χ1v) is 13.0. The van der Waals surface area contributed by atoms with Gasteiger partial charge in [0, 0.05) is 43.0 Å². The second kappa shape index (κ2) is 9.27. The lowest BCUT2D eigenvalue weighted by atomic mass is 10.0. The van der Waals surface area contributed by atoms with E-state index in [-0.39, 0.29) is 18.8 Å². The first-order valence-electron chi connectivity index (χ1n) is 13.0. The molecule has 1 saturated heterocycles. The maximum atomic E-state index is 14.2. The van der Waals surface area contributed by atoms with Crippen molar-refractivity contribution in [3.05, 3.63) is 83.9 Å². The summed E-state index contributed by atoms with van der Waals surface area (Å²) in [6.45, 7) is 2.38. The molecule has 40 heavy (non-hydrogen) atoms. The zero-order valence-electron chi connectivity index (χ0n) is 21.5. The second-order valence-corrected chi connectivity index (χ2v) is 10.4. The van der Waals surface area contributed by atoms with E-state index in [2.05, 4.69) is 20.2 Å². The van der Waals surface area contributed by atoms with Gasteiger partial charge in [0.15, 0.2) is 11.5 Å². The summed E-state index contributed by atoms with van der Waals surface area (Å²) in [6, 6.07) is 16.4. The van der Waals surface area contributed by atoms with Gasteiger partial charge in [0.05, 0.1) is 28.8 Å². The Hall–Kier alpha value is -4.57. The molecular weight excluding hydrogens is 515 g/mol. The third kappa shape index (κ3) is 4.50. The molecule has 7 nitrogen and oxygen atoms in total. The Morgan fingerprint density at radius 1 is 0.950 bits per heavy atom. The molecule has 1 fully saturated rings. The van der Waals surface area contributed by atoms with Crippen LogP contribution < -0.4 is 0 Å². The molecule has 0 radical (unpaired) electrons. The van der Waals surface area contributed by atoms with Gasteiger partial charge in [0.2, 0.25) is 0 Å². The lowest BCUT2D eigenvalue weighted by Crippen LogP contribution is -2.24. The van der Waals surface area contributed by atoms with Crippen LogP contribution in [0.25, 0.3) is 56.0 Å². The summed E-state index contributed by atoms with van der Waals surface area (Å²) in [5.74, 6) is -2.40. The number of pyridine rings is 2. The van der Waals surface area contributed by atoms with Crippen LogP contribution in [-0.4, -0.2) is 54.0 Å². The number of aryl methyl sites for hydroxylation is 1. The van der Waals surface area contributed by atoms with E-state index in [0.29, 0.717) is 41.3 Å². The second-order valence-electron chi connectivity index (χ2n) is 10.4. The number of fused-ring (bicyclic) bond motifs is 2. The highest BCUT2D eigenvalue weighted by atomic mass is 19.3. The third-order valence-corrected chi connectivity index (χ3v) is 7.24. The highest BCUT2D eigenvalue weighted by Gasteiger charge is 2.37. The van der Waals surface area contributed by atoms with Crippen molar-refractivity contribution in [2.75, 3.05) is 13.1 Å². The zero-order chi connectivity index (χ0) is 27.4. The number of hydrogen-bond donors (Lipinski definition) is 2. The monoisotopic (exact) mass is 539 g/mol. The molecule has 0 bridgehead atoms. The minimum atomic E-state index is -2.64. The number of nitrogens with one attached hydrogen (secondary N) is 2. The Morgan fingerprint density at radius 2 is 1.85 bits per heavy atom. The van der Waals surface area contributed by atoms with Crippen LogP contribution in [0.15, 0.2) is 67.0 Å². The number of aromatic amines is 2. The predicted molar refractivity (Wildman–Crippen MR) is 147 cm³/mol. The summed E-state index contributed by atoms with van der Waals surface area (Å²) < 4.78 is 41.5. The Balaban J connectivity index is 1.25.